The highest BCUT2D eigenvalue weighted by Crippen LogP contribution is 2.20. The van der Waals surface area contributed by atoms with Gasteiger partial charge in [0.05, 0.1) is 11.3 Å². The van der Waals surface area contributed by atoms with Crippen LogP contribution in [-0.4, -0.2) is 39.7 Å². The fourth-order valence-electron chi connectivity index (χ4n) is 3.45. The van der Waals surface area contributed by atoms with Gasteiger partial charge in [0.25, 0.3) is 5.91 Å². The van der Waals surface area contributed by atoms with Gasteiger partial charge in [0, 0.05) is 32.7 Å². The molecule has 2 heterocycles. The number of halogens is 1. The first kappa shape index (κ1) is 18.0. The van der Waals surface area contributed by atoms with Crippen molar-refractivity contribution in [3.8, 4) is 0 Å². The monoisotopic (exact) mass is 360 g/mol. The minimum Gasteiger partial charge on any atom is -0.349 e. The Bertz CT molecular complexity index is 763. The number of likely N-dealkylation sites (tertiary alicyclic amines) is 1. The molecule has 0 aliphatic carbocycles. The molecule has 3 rings (SSSR count). The van der Waals surface area contributed by atoms with E-state index in [-0.39, 0.29) is 11.9 Å². The van der Waals surface area contributed by atoms with Crippen molar-refractivity contribution in [2.45, 2.75) is 39.3 Å². The zero-order valence-electron chi connectivity index (χ0n) is 15.1. The maximum Gasteiger partial charge on any atom is 0.256 e. The number of rotatable bonds is 4. The van der Waals surface area contributed by atoms with Gasteiger partial charge < -0.3 is 5.32 Å². The molecule has 1 aliphatic rings. The summed E-state index contributed by atoms with van der Waals surface area (Å²) in [6.07, 6.45) is 1.91. The van der Waals surface area contributed by atoms with Gasteiger partial charge in [-0.15, -0.1) is 0 Å². The topological polar surface area (TPSA) is 50.2 Å². The lowest BCUT2D eigenvalue weighted by Gasteiger charge is -2.32. The summed E-state index contributed by atoms with van der Waals surface area (Å²) >= 11 is 6.18. The van der Waals surface area contributed by atoms with Crippen LogP contribution >= 0.6 is 11.6 Å². The minimum absolute atomic E-state index is 0.118. The van der Waals surface area contributed by atoms with E-state index in [0.717, 1.165) is 32.5 Å². The zero-order valence-corrected chi connectivity index (χ0v) is 15.8. The lowest BCUT2D eigenvalue weighted by molar-refractivity contribution is 0.0908. The second-order valence-electron chi connectivity index (χ2n) is 6.89. The van der Waals surface area contributed by atoms with E-state index in [1.54, 1.807) is 7.05 Å². The van der Waals surface area contributed by atoms with E-state index in [4.69, 9.17) is 11.6 Å². The van der Waals surface area contributed by atoms with Crippen LogP contribution in [0.25, 0.3) is 0 Å². The zero-order chi connectivity index (χ0) is 18.0. The van der Waals surface area contributed by atoms with Gasteiger partial charge in [0.2, 0.25) is 0 Å². The molecule has 1 aromatic heterocycles. The summed E-state index contributed by atoms with van der Waals surface area (Å²) in [6, 6.07) is 8.83. The molecule has 1 amide bonds. The Labute approximate surface area is 154 Å². The third kappa shape index (κ3) is 4.22. The molecule has 0 atom stereocenters. The molecule has 0 bridgehead atoms. The molecule has 1 aromatic carbocycles. The molecule has 1 aliphatic heterocycles. The number of carbonyl (C=O) groups is 1. The fourth-order valence-corrected chi connectivity index (χ4v) is 3.71. The van der Waals surface area contributed by atoms with E-state index in [1.807, 2.05) is 6.92 Å². The summed E-state index contributed by atoms with van der Waals surface area (Å²) < 4.78 is 1.54. The van der Waals surface area contributed by atoms with E-state index in [9.17, 15) is 4.79 Å². The molecule has 1 saturated heterocycles. The summed E-state index contributed by atoms with van der Waals surface area (Å²) in [6.45, 7) is 6.87. The molecular formula is C19H25ClN4O. The summed E-state index contributed by atoms with van der Waals surface area (Å²) in [5, 5.41) is 7.72. The summed E-state index contributed by atoms with van der Waals surface area (Å²) in [5.74, 6) is -0.118. The van der Waals surface area contributed by atoms with Crippen LogP contribution in [-0.2, 0) is 13.6 Å². The van der Waals surface area contributed by atoms with E-state index < -0.39 is 0 Å². The number of nitrogens with one attached hydrogen (secondary N) is 1. The Morgan fingerprint density at radius 3 is 2.64 bits per heavy atom. The first-order valence-electron chi connectivity index (χ1n) is 8.72. The van der Waals surface area contributed by atoms with Gasteiger partial charge in [0.1, 0.15) is 5.15 Å². The Morgan fingerprint density at radius 2 is 2.04 bits per heavy atom. The number of nitrogens with zero attached hydrogens (tertiary/aromatic N) is 3. The Hall–Kier alpha value is -1.85. The van der Waals surface area contributed by atoms with Crippen molar-refractivity contribution >= 4 is 17.5 Å². The Morgan fingerprint density at radius 1 is 1.32 bits per heavy atom. The summed E-state index contributed by atoms with van der Waals surface area (Å²) in [4.78, 5) is 15.0. The average molecular weight is 361 g/mol. The lowest BCUT2D eigenvalue weighted by atomic mass is 10.0. The summed E-state index contributed by atoms with van der Waals surface area (Å²) in [5.41, 5.74) is 3.80. The number of hydrogen-bond acceptors (Lipinski definition) is 3. The minimum atomic E-state index is -0.118. The Balaban J connectivity index is 1.53. The molecule has 134 valence electrons. The van der Waals surface area contributed by atoms with Crippen molar-refractivity contribution in [2.24, 2.45) is 7.05 Å². The number of aryl methyl sites for hydroxylation is 3. The van der Waals surface area contributed by atoms with Crippen molar-refractivity contribution in [3.63, 3.8) is 0 Å². The number of aromatic nitrogens is 2. The Kier molecular flexibility index (Phi) is 5.45. The highest BCUT2D eigenvalue weighted by Gasteiger charge is 2.24. The molecule has 6 heteroatoms. The molecular weight excluding hydrogens is 336 g/mol. The molecule has 5 nitrogen and oxygen atoms in total. The van der Waals surface area contributed by atoms with Gasteiger partial charge in [-0.25, -0.2) is 0 Å². The number of carbonyl (C=O) groups excluding carboxylic acids is 1. The fraction of sp³-hybridized carbons (Fsp3) is 0.474. The van der Waals surface area contributed by atoms with Gasteiger partial charge >= 0.3 is 0 Å². The van der Waals surface area contributed by atoms with E-state index in [1.165, 1.54) is 15.8 Å². The van der Waals surface area contributed by atoms with Crippen molar-refractivity contribution in [1.82, 2.24) is 20.0 Å². The number of piperidine rings is 1. The van der Waals surface area contributed by atoms with Crippen LogP contribution in [0.2, 0.25) is 5.15 Å². The molecule has 1 N–H and O–H groups in total. The second kappa shape index (κ2) is 7.58. The average Bonchev–Trinajstić information content (AvgIpc) is 2.82. The molecule has 0 unspecified atom stereocenters. The van der Waals surface area contributed by atoms with Crippen molar-refractivity contribution in [3.05, 3.63) is 51.8 Å². The van der Waals surface area contributed by atoms with Crippen molar-refractivity contribution in [1.29, 1.82) is 0 Å². The normalized spacial score (nSPS) is 16.2. The SMILES string of the molecule is Cc1cccc(CN2CCC(NC(=O)c3c(C)nn(C)c3Cl)CC2)c1. The maximum absolute atomic E-state index is 12.5. The lowest BCUT2D eigenvalue weighted by Crippen LogP contribution is -2.44. The quantitative estimate of drug-likeness (QED) is 0.911. The van der Waals surface area contributed by atoms with Gasteiger partial charge in [-0.1, -0.05) is 41.4 Å². The van der Waals surface area contributed by atoms with Gasteiger partial charge in [-0.2, -0.15) is 5.10 Å². The molecule has 1 fully saturated rings. The molecule has 0 radical (unpaired) electrons. The standard InChI is InChI=1S/C19H25ClN4O/c1-13-5-4-6-15(11-13)12-24-9-7-16(8-10-24)21-19(25)17-14(2)22-23(3)18(17)20/h4-6,11,16H,7-10,12H2,1-3H3,(H,21,25). The molecule has 2 aromatic rings. The number of hydrogen-bond donors (Lipinski definition) is 1. The van der Waals surface area contributed by atoms with Crippen LogP contribution in [0.5, 0.6) is 0 Å². The van der Waals surface area contributed by atoms with E-state index >= 15 is 0 Å². The van der Waals surface area contributed by atoms with Gasteiger partial charge in [-0.3, -0.25) is 14.4 Å². The van der Waals surface area contributed by atoms with E-state index in [0.29, 0.717) is 16.4 Å². The molecule has 0 saturated carbocycles. The van der Waals surface area contributed by atoms with Gasteiger partial charge in [0.15, 0.2) is 0 Å². The largest absolute Gasteiger partial charge is 0.349 e. The molecule has 25 heavy (non-hydrogen) atoms. The maximum atomic E-state index is 12.5. The predicted molar refractivity (Wildman–Crippen MR) is 99.9 cm³/mol. The second-order valence-corrected chi connectivity index (χ2v) is 7.25. The highest BCUT2D eigenvalue weighted by atomic mass is 35.5. The van der Waals surface area contributed by atoms with Crippen LogP contribution < -0.4 is 5.32 Å². The van der Waals surface area contributed by atoms with E-state index in [2.05, 4.69) is 46.5 Å². The third-order valence-corrected chi connectivity index (χ3v) is 5.22. The van der Waals surface area contributed by atoms with Crippen LogP contribution in [0.3, 0.4) is 0 Å². The highest BCUT2D eigenvalue weighted by molar-refractivity contribution is 6.33. The molecule has 0 spiro atoms. The summed E-state index contributed by atoms with van der Waals surface area (Å²) in [7, 11) is 1.75. The first-order chi connectivity index (χ1) is 11.9. The first-order valence-corrected chi connectivity index (χ1v) is 9.09. The number of amides is 1. The number of benzene rings is 1. The van der Waals surface area contributed by atoms with Crippen molar-refractivity contribution < 1.29 is 4.79 Å². The van der Waals surface area contributed by atoms with Crippen LogP contribution in [0.1, 0.15) is 40.0 Å². The third-order valence-electron chi connectivity index (χ3n) is 4.79. The van der Waals surface area contributed by atoms with Crippen molar-refractivity contribution in [2.75, 3.05) is 13.1 Å². The van der Waals surface area contributed by atoms with Crippen LogP contribution in [0.4, 0.5) is 0 Å². The van der Waals surface area contributed by atoms with Crippen LogP contribution in [0.15, 0.2) is 24.3 Å². The predicted octanol–water partition coefficient (Wildman–Crippen LogP) is 3.08. The van der Waals surface area contributed by atoms with Crippen LogP contribution in [0, 0.1) is 13.8 Å². The smallest absolute Gasteiger partial charge is 0.256 e. The van der Waals surface area contributed by atoms with Gasteiger partial charge in [-0.05, 0) is 32.3 Å².